The summed E-state index contributed by atoms with van der Waals surface area (Å²) in [7, 11) is 0. The zero-order chi connectivity index (χ0) is 18.5. The third kappa shape index (κ3) is 6.38. The summed E-state index contributed by atoms with van der Waals surface area (Å²) in [4.78, 5) is 25.7. The van der Waals surface area contributed by atoms with E-state index in [9.17, 15) is 9.59 Å². The van der Waals surface area contributed by atoms with Crippen molar-refractivity contribution in [2.24, 2.45) is 0 Å². The highest BCUT2D eigenvalue weighted by Gasteiger charge is 2.37. The molecule has 1 fully saturated rings. The van der Waals surface area contributed by atoms with Crippen molar-refractivity contribution in [3.05, 3.63) is 35.9 Å². The number of nitrogens with one attached hydrogen (secondary N) is 1. The van der Waals surface area contributed by atoms with Crippen molar-refractivity contribution in [2.75, 3.05) is 19.6 Å². The van der Waals surface area contributed by atoms with Crippen LogP contribution in [0.5, 0.6) is 0 Å². The quantitative estimate of drug-likeness (QED) is 0.829. The molecule has 1 N–H and O–H groups in total. The molecule has 0 spiro atoms. The summed E-state index contributed by atoms with van der Waals surface area (Å²) in [6.45, 7) is 9.05. The summed E-state index contributed by atoms with van der Waals surface area (Å²) in [5, 5.41) is 3.22. The van der Waals surface area contributed by atoms with Crippen LogP contribution < -0.4 is 5.32 Å². The maximum absolute atomic E-state index is 12.1. The average Bonchev–Trinajstić information content (AvgIpc) is 2.94. The van der Waals surface area contributed by atoms with Gasteiger partial charge in [-0.15, -0.1) is 0 Å². The van der Waals surface area contributed by atoms with Gasteiger partial charge in [-0.05, 0) is 39.7 Å². The van der Waals surface area contributed by atoms with Crippen molar-refractivity contribution in [2.45, 2.75) is 51.9 Å². The molecule has 0 bridgehead atoms. The van der Waals surface area contributed by atoms with Gasteiger partial charge in [0.15, 0.2) is 0 Å². The van der Waals surface area contributed by atoms with Gasteiger partial charge in [-0.1, -0.05) is 30.3 Å². The molecule has 25 heavy (non-hydrogen) atoms. The number of benzene rings is 1. The van der Waals surface area contributed by atoms with E-state index >= 15 is 0 Å². The number of amides is 1. The Bertz CT molecular complexity index is 597. The Labute approximate surface area is 149 Å². The second kappa shape index (κ2) is 7.87. The van der Waals surface area contributed by atoms with Crippen LogP contribution in [0.15, 0.2) is 30.3 Å². The number of esters is 1. The standard InChI is InChI=1S/C19H28N2O4/c1-18(2,3)25-17(23)21-11-10-19(4,14-21)20-12-16(22)24-13-15-8-6-5-7-9-15/h5-9,20H,10-14H2,1-4H3. The topological polar surface area (TPSA) is 67.9 Å². The van der Waals surface area contributed by atoms with Gasteiger partial charge in [0.05, 0.1) is 6.54 Å². The van der Waals surface area contributed by atoms with Gasteiger partial charge >= 0.3 is 12.1 Å². The molecule has 0 aliphatic carbocycles. The zero-order valence-corrected chi connectivity index (χ0v) is 15.5. The van der Waals surface area contributed by atoms with Gasteiger partial charge in [-0.25, -0.2) is 4.79 Å². The molecule has 1 saturated heterocycles. The lowest BCUT2D eigenvalue weighted by Gasteiger charge is -2.27. The van der Waals surface area contributed by atoms with Crippen molar-refractivity contribution >= 4 is 12.1 Å². The summed E-state index contributed by atoms with van der Waals surface area (Å²) < 4.78 is 10.7. The third-order valence-electron chi connectivity index (χ3n) is 4.03. The van der Waals surface area contributed by atoms with Crippen LogP contribution in [0.25, 0.3) is 0 Å². The van der Waals surface area contributed by atoms with Crippen molar-refractivity contribution < 1.29 is 19.1 Å². The molecule has 6 heteroatoms. The van der Waals surface area contributed by atoms with Crippen molar-refractivity contribution in [1.82, 2.24) is 10.2 Å². The van der Waals surface area contributed by atoms with E-state index in [2.05, 4.69) is 5.32 Å². The van der Waals surface area contributed by atoms with Crippen molar-refractivity contribution in [1.29, 1.82) is 0 Å². The van der Waals surface area contributed by atoms with E-state index in [1.165, 1.54) is 0 Å². The number of carbonyl (C=O) groups excluding carboxylic acids is 2. The molecule has 1 aliphatic heterocycles. The fraction of sp³-hybridized carbons (Fsp3) is 0.579. The summed E-state index contributed by atoms with van der Waals surface area (Å²) in [6, 6.07) is 9.57. The Morgan fingerprint density at radius 3 is 2.56 bits per heavy atom. The van der Waals surface area contributed by atoms with Crippen molar-refractivity contribution in [3.63, 3.8) is 0 Å². The SMILES string of the molecule is CC1(NCC(=O)OCc2ccccc2)CCN(C(=O)OC(C)(C)C)C1. The molecule has 1 aromatic rings. The molecule has 1 atom stereocenters. The van der Waals surface area contributed by atoms with Crippen LogP contribution in [0, 0.1) is 0 Å². The molecule has 0 aromatic heterocycles. The maximum Gasteiger partial charge on any atom is 0.410 e. The van der Waals surface area contributed by atoms with Crippen LogP contribution in [-0.4, -0.2) is 47.7 Å². The van der Waals surface area contributed by atoms with Gasteiger partial charge in [0.25, 0.3) is 0 Å². The normalized spacial score (nSPS) is 20.4. The Morgan fingerprint density at radius 1 is 1.24 bits per heavy atom. The zero-order valence-electron chi connectivity index (χ0n) is 15.5. The number of likely N-dealkylation sites (tertiary alicyclic amines) is 1. The van der Waals surface area contributed by atoms with Gasteiger partial charge in [-0.3, -0.25) is 10.1 Å². The van der Waals surface area contributed by atoms with E-state index in [0.717, 1.165) is 12.0 Å². The number of nitrogens with zero attached hydrogens (tertiary/aromatic N) is 1. The largest absolute Gasteiger partial charge is 0.460 e. The van der Waals surface area contributed by atoms with Crippen LogP contribution in [0.4, 0.5) is 4.79 Å². The number of ether oxygens (including phenoxy) is 2. The molecule has 0 radical (unpaired) electrons. The number of carbonyl (C=O) groups is 2. The molecule has 1 unspecified atom stereocenters. The lowest BCUT2D eigenvalue weighted by Crippen LogP contribution is -2.48. The predicted molar refractivity (Wildman–Crippen MR) is 95.1 cm³/mol. The maximum atomic E-state index is 12.1. The fourth-order valence-electron chi connectivity index (χ4n) is 2.66. The Hall–Kier alpha value is -2.08. The number of rotatable bonds is 5. The summed E-state index contributed by atoms with van der Waals surface area (Å²) in [6.07, 6.45) is 0.447. The van der Waals surface area contributed by atoms with Gasteiger partial charge in [0.1, 0.15) is 12.2 Å². The average molecular weight is 348 g/mol. The minimum atomic E-state index is -0.509. The van der Waals surface area contributed by atoms with E-state index in [-0.39, 0.29) is 30.8 Å². The third-order valence-corrected chi connectivity index (χ3v) is 4.03. The van der Waals surface area contributed by atoms with Gasteiger partial charge < -0.3 is 14.4 Å². The second-order valence-corrected chi connectivity index (χ2v) is 7.71. The van der Waals surface area contributed by atoms with E-state index in [4.69, 9.17) is 9.47 Å². The van der Waals surface area contributed by atoms with E-state index in [1.807, 2.05) is 58.0 Å². The Kier molecular flexibility index (Phi) is 6.06. The Balaban J connectivity index is 1.75. The fourth-order valence-corrected chi connectivity index (χ4v) is 2.66. The first-order valence-corrected chi connectivity index (χ1v) is 8.59. The molecule has 1 aliphatic rings. The second-order valence-electron chi connectivity index (χ2n) is 7.71. The summed E-state index contributed by atoms with van der Waals surface area (Å²) in [5.41, 5.74) is 0.131. The van der Waals surface area contributed by atoms with Crippen LogP contribution in [0.2, 0.25) is 0 Å². The molecule has 1 heterocycles. The van der Waals surface area contributed by atoms with E-state index in [0.29, 0.717) is 13.1 Å². The van der Waals surface area contributed by atoms with E-state index < -0.39 is 5.60 Å². The van der Waals surface area contributed by atoms with Gasteiger partial charge in [-0.2, -0.15) is 0 Å². The highest BCUT2D eigenvalue weighted by atomic mass is 16.6. The minimum absolute atomic E-state index is 0.117. The minimum Gasteiger partial charge on any atom is -0.460 e. The lowest BCUT2D eigenvalue weighted by atomic mass is 10.0. The predicted octanol–water partition coefficient (Wildman–Crippen LogP) is 2.72. The first-order valence-electron chi connectivity index (χ1n) is 8.59. The molecule has 6 nitrogen and oxygen atoms in total. The highest BCUT2D eigenvalue weighted by molar-refractivity contribution is 5.72. The molecule has 138 valence electrons. The highest BCUT2D eigenvalue weighted by Crippen LogP contribution is 2.22. The smallest absolute Gasteiger partial charge is 0.410 e. The molecule has 1 amide bonds. The van der Waals surface area contributed by atoms with Crippen LogP contribution in [-0.2, 0) is 20.9 Å². The van der Waals surface area contributed by atoms with Crippen LogP contribution in [0.1, 0.15) is 39.7 Å². The van der Waals surface area contributed by atoms with Gasteiger partial charge in [0, 0.05) is 18.6 Å². The van der Waals surface area contributed by atoms with E-state index in [1.54, 1.807) is 4.90 Å². The Morgan fingerprint density at radius 2 is 1.92 bits per heavy atom. The molecule has 1 aromatic carbocycles. The van der Waals surface area contributed by atoms with Crippen molar-refractivity contribution in [3.8, 4) is 0 Å². The first-order chi connectivity index (χ1) is 11.7. The number of hydrogen-bond donors (Lipinski definition) is 1. The molecular formula is C19H28N2O4. The monoisotopic (exact) mass is 348 g/mol. The van der Waals surface area contributed by atoms with Gasteiger partial charge in [0.2, 0.25) is 0 Å². The van der Waals surface area contributed by atoms with Crippen LogP contribution in [0.3, 0.4) is 0 Å². The summed E-state index contributed by atoms with van der Waals surface area (Å²) in [5.74, 6) is -0.305. The summed E-state index contributed by atoms with van der Waals surface area (Å²) >= 11 is 0. The number of hydrogen-bond acceptors (Lipinski definition) is 5. The lowest BCUT2D eigenvalue weighted by molar-refractivity contribution is -0.144. The molecular weight excluding hydrogens is 320 g/mol. The van der Waals surface area contributed by atoms with Crippen LogP contribution >= 0.6 is 0 Å². The molecule has 2 rings (SSSR count). The molecule has 0 saturated carbocycles. The first kappa shape index (κ1) is 19.2.